The van der Waals surface area contributed by atoms with Crippen molar-refractivity contribution in [3.63, 3.8) is 0 Å². The number of aliphatic hydroxyl groups excluding tert-OH is 1. The van der Waals surface area contributed by atoms with Crippen molar-refractivity contribution in [1.29, 1.82) is 0 Å². The first kappa shape index (κ1) is 16.3. The molecule has 0 spiro atoms. The third-order valence-electron chi connectivity index (χ3n) is 6.02. The second kappa shape index (κ2) is 5.68. The molecule has 1 atom stereocenters. The van der Waals surface area contributed by atoms with Gasteiger partial charge in [0.1, 0.15) is 0 Å². The van der Waals surface area contributed by atoms with Gasteiger partial charge in [-0.3, -0.25) is 4.98 Å². The number of aromatic amines is 2. The quantitative estimate of drug-likeness (QED) is 0.306. The molecule has 3 aromatic heterocycles. The fourth-order valence-electron chi connectivity index (χ4n) is 4.73. The van der Waals surface area contributed by atoms with Gasteiger partial charge >= 0.3 is 0 Å². The highest BCUT2D eigenvalue weighted by Gasteiger charge is 2.28. The molecule has 0 saturated carbocycles. The summed E-state index contributed by atoms with van der Waals surface area (Å²) in [6.45, 7) is 0.703. The zero-order valence-electron chi connectivity index (χ0n) is 15.5. The maximum absolute atomic E-state index is 10.7. The van der Waals surface area contributed by atoms with E-state index in [2.05, 4.69) is 14.5 Å². The number of nitrogens with zero attached hydrogens (tertiary/aromatic N) is 1. The van der Waals surface area contributed by atoms with Crippen molar-refractivity contribution in [3.05, 3.63) is 60.4 Å². The number of benzene rings is 2. The second-order valence-electron chi connectivity index (χ2n) is 7.60. The number of H-pyrrole nitrogens is 2. The van der Waals surface area contributed by atoms with E-state index in [-0.39, 0.29) is 11.8 Å². The molecule has 0 fully saturated rings. The summed E-state index contributed by atoms with van der Waals surface area (Å²) in [5.74, 6) is -0.152. The molecule has 0 unspecified atom stereocenters. The number of hydrogen-bond donors (Lipinski definition) is 5. The average Bonchev–Trinajstić information content (AvgIpc) is 3.38. The van der Waals surface area contributed by atoms with E-state index in [9.17, 15) is 15.3 Å². The van der Waals surface area contributed by atoms with Gasteiger partial charge in [-0.2, -0.15) is 0 Å². The average molecular weight is 385 g/mol. The highest BCUT2D eigenvalue weighted by molar-refractivity contribution is 6.08. The van der Waals surface area contributed by atoms with Crippen molar-refractivity contribution in [2.45, 2.75) is 19.1 Å². The number of aromatic hydroxyl groups is 2. The molecule has 5 aromatic rings. The fourth-order valence-corrected chi connectivity index (χ4v) is 4.73. The van der Waals surface area contributed by atoms with Gasteiger partial charge in [-0.15, -0.1) is 0 Å². The molecule has 0 amide bonds. The number of aromatic nitrogens is 3. The lowest BCUT2D eigenvalue weighted by molar-refractivity contribution is 0.157. The molecular weight excluding hydrogens is 366 g/mol. The van der Waals surface area contributed by atoms with E-state index >= 15 is 0 Å². The highest BCUT2D eigenvalue weighted by atomic mass is 16.3. The molecule has 5 N–H and O–H groups in total. The van der Waals surface area contributed by atoms with Gasteiger partial charge in [0.25, 0.3) is 0 Å². The third kappa shape index (κ3) is 2.14. The van der Waals surface area contributed by atoms with Crippen molar-refractivity contribution in [2.75, 3.05) is 0 Å². The van der Waals surface area contributed by atoms with E-state index in [1.807, 2.05) is 54.9 Å². The molecule has 1 aliphatic rings. The van der Waals surface area contributed by atoms with Crippen LogP contribution in [0.4, 0.5) is 0 Å². The minimum absolute atomic E-state index is 0.0748. The fraction of sp³-hybridized carbons (Fsp3) is 0.130. The molecule has 144 valence electrons. The lowest BCUT2D eigenvalue weighted by atomic mass is 9.95. The van der Waals surface area contributed by atoms with E-state index in [1.165, 1.54) is 0 Å². The standard InChI is InChI=1S/C23H19N3O3/c27-18-8-9-26-11-16(13-5-3-6-14(18)21(13)26)20-19(22(28)25-23(20)29)15-10-24-17-7-2-1-4-12(15)17/h1-7,10-11,18,24-25,27-29H,8-9H2/t18-/m1/s1. The van der Waals surface area contributed by atoms with Crippen molar-refractivity contribution < 1.29 is 15.3 Å². The number of aryl methyl sites for hydroxylation is 1. The van der Waals surface area contributed by atoms with Crippen LogP contribution in [0.5, 0.6) is 11.8 Å². The predicted octanol–water partition coefficient (Wildman–Crippen LogP) is 4.63. The molecule has 0 radical (unpaired) electrons. The monoisotopic (exact) mass is 385 g/mol. The summed E-state index contributed by atoms with van der Waals surface area (Å²) in [6, 6.07) is 13.7. The van der Waals surface area contributed by atoms with Crippen LogP contribution in [0.2, 0.25) is 0 Å². The minimum Gasteiger partial charge on any atom is -0.494 e. The Hall–Kier alpha value is -3.64. The number of fused-ring (bicyclic) bond motifs is 1. The molecule has 4 heterocycles. The molecule has 2 aromatic carbocycles. The van der Waals surface area contributed by atoms with Gasteiger partial charge in [0.15, 0.2) is 11.8 Å². The first-order valence-electron chi connectivity index (χ1n) is 9.64. The Labute approximate surface area is 165 Å². The Morgan fingerprint density at radius 2 is 1.66 bits per heavy atom. The highest BCUT2D eigenvalue weighted by Crippen LogP contribution is 2.49. The van der Waals surface area contributed by atoms with Gasteiger partial charge < -0.3 is 24.9 Å². The maximum atomic E-state index is 10.7. The van der Waals surface area contributed by atoms with E-state index in [4.69, 9.17) is 0 Å². The van der Waals surface area contributed by atoms with Crippen LogP contribution in [0.25, 0.3) is 44.1 Å². The van der Waals surface area contributed by atoms with E-state index < -0.39 is 6.10 Å². The molecule has 6 rings (SSSR count). The SMILES string of the molecule is Oc1[nH]c(O)c(-c2cn3c4c(cccc24)[C@H](O)CC3)c1-c1c[nH]c2ccccc12. The van der Waals surface area contributed by atoms with Gasteiger partial charge in [-0.25, -0.2) is 0 Å². The molecular formula is C23H19N3O3. The summed E-state index contributed by atoms with van der Waals surface area (Å²) in [5.41, 5.74) is 5.59. The Balaban J connectivity index is 1.68. The molecule has 6 nitrogen and oxygen atoms in total. The zero-order valence-corrected chi connectivity index (χ0v) is 15.5. The second-order valence-corrected chi connectivity index (χ2v) is 7.60. The van der Waals surface area contributed by atoms with Gasteiger partial charge in [0.05, 0.1) is 22.7 Å². The largest absolute Gasteiger partial charge is 0.494 e. The number of para-hydroxylation sites is 2. The molecule has 1 aliphatic heterocycles. The van der Waals surface area contributed by atoms with E-state index in [0.29, 0.717) is 24.1 Å². The van der Waals surface area contributed by atoms with Gasteiger partial charge in [0, 0.05) is 51.9 Å². The van der Waals surface area contributed by atoms with Crippen molar-refractivity contribution >= 4 is 21.8 Å². The molecule has 0 bridgehead atoms. The van der Waals surface area contributed by atoms with Crippen molar-refractivity contribution in [3.8, 4) is 34.0 Å². The Morgan fingerprint density at radius 3 is 2.52 bits per heavy atom. The normalized spacial score (nSPS) is 16.1. The maximum Gasteiger partial charge on any atom is 0.200 e. The summed E-state index contributed by atoms with van der Waals surface area (Å²) >= 11 is 0. The van der Waals surface area contributed by atoms with Crippen LogP contribution < -0.4 is 0 Å². The van der Waals surface area contributed by atoms with E-state index in [1.54, 1.807) is 0 Å². The summed E-state index contributed by atoms with van der Waals surface area (Å²) in [7, 11) is 0. The Bertz CT molecular complexity index is 1410. The third-order valence-corrected chi connectivity index (χ3v) is 6.02. The van der Waals surface area contributed by atoms with Crippen LogP contribution in [0.3, 0.4) is 0 Å². The lowest BCUT2D eigenvalue weighted by Crippen LogP contribution is -2.11. The van der Waals surface area contributed by atoms with Crippen LogP contribution in [0.1, 0.15) is 18.1 Å². The zero-order chi connectivity index (χ0) is 19.7. The van der Waals surface area contributed by atoms with Crippen molar-refractivity contribution in [2.24, 2.45) is 0 Å². The van der Waals surface area contributed by atoms with E-state index in [0.717, 1.165) is 38.5 Å². The molecule has 6 heteroatoms. The van der Waals surface area contributed by atoms with Gasteiger partial charge in [-0.1, -0.05) is 36.4 Å². The molecule has 0 saturated heterocycles. The van der Waals surface area contributed by atoms with Crippen LogP contribution >= 0.6 is 0 Å². The summed E-state index contributed by atoms with van der Waals surface area (Å²) < 4.78 is 2.12. The Morgan fingerprint density at radius 1 is 0.897 bits per heavy atom. The molecule has 29 heavy (non-hydrogen) atoms. The first-order chi connectivity index (χ1) is 14.1. The Kier molecular flexibility index (Phi) is 3.20. The van der Waals surface area contributed by atoms with Gasteiger partial charge in [-0.05, 0) is 12.5 Å². The summed E-state index contributed by atoms with van der Waals surface area (Å²) in [5, 5.41) is 33.7. The van der Waals surface area contributed by atoms with Crippen LogP contribution in [0, 0.1) is 0 Å². The predicted molar refractivity (Wildman–Crippen MR) is 112 cm³/mol. The van der Waals surface area contributed by atoms with Crippen LogP contribution in [-0.2, 0) is 6.54 Å². The summed E-state index contributed by atoms with van der Waals surface area (Å²) in [4.78, 5) is 5.93. The minimum atomic E-state index is -0.490. The van der Waals surface area contributed by atoms with Gasteiger partial charge in [0.2, 0.25) is 0 Å². The lowest BCUT2D eigenvalue weighted by Gasteiger charge is -2.20. The topological polar surface area (TPSA) is 97.2 Å². The summed E-state index contributed by atoms with van der Waals surface area (Å²) in [6.07, 6.45) is 4.01. The van der Waals surface area contributed by atoms with Crippen molar-refractivity contribution in [1.82, 2.24) is 14.5 Å². The number of rotatable bonds is 2. The smallest absolute Gasteiger partial charge is 0.200 e. The number of hydrogen-bond acceptors (Lipinski definition) is 3. The molecule has 0 aliphatic carbocycles. The first-order valence-corrected chi connectivity index (χ1v) is 9.64. The van der Waals surface area contributed by atoms with Crippen LogP contribution in [-0.4, -0.2) is 29.9 Å². The number of nitrogens with one attached hydrogen (secondary N) is 2. The number of aliphatic hydroxyl groups is 1. The van der Waals surface area contributed by atoms with Crippen LogP contribution in [0.15, 0.2) is 54.9 Å².